The fraction of sp³-hybridized carbons (Fsp3) is 0.762. The minimum atomic E-state index is 0. The maximum absolute atomic E-state index is 5.51. The fourth-order valence-electron chi connectivity index (χ4n) is 3.98. The Morgan fingerprint density at radius 3 is 2.82 bits per heavy atom. The fourth-order valence-corrected chi connectivity index (χ4v) is 3.98. The molecule has 2 aliphatic rings. The maximum Gasteiger partial charge on any atom is 0.193 e. The summed E-state index contributed by atoms with van der Waals surface area (Å²) in [6, 6.07) is 3.98. The number of likely N-dealkylation sites (tertiary alicyclic amines) is 1. The highest BCUT2D eigenvalue weighted by molar-refractivity contribution is 14.0. The van der Waals surface area contributed by atoms with Crippen LogP contribution in [0.15, 0.2) is 27.8 Å². The zero-order valence-corrected chi connectivity index (χ0v) is 19.8. The van der Waals surface area contributed by atoms with E-state index in [1.54, 1.807) is 6.26 Å². The molecule has 1 aromatic heterocycles. The Kier molecular flexibility index (Phi) is 10.6. The van der Waals surface area contributed by atoms with Crippen molar-refractivity contribution in [3.8, 4) is 0 Å². The van der Waals surface area contributed by atoms with Crippen molar-refractivity contribution in [2.75, 3.05) is 59.0 Å². The summed E-state index contributed by atoms with van der Waals surface area (Å²) in [6.07, 6.45) is 5.01. The Hall–Kier alpha value is -0.800. The normalized spacial score (nSPS) is 22.7. The van der Waals surface area contributed by atoms with E-state index in [4.69, 9.17) is 14.1 Å². The van der Waals surface area contributed by atoms with Gasteiger partial charge >= 0.3 is 0 Å². The molecule has 0 spiro atoms. The van der Waals surface area contributed by atoms with Gasteiger partial charge in [0.2, 0.25) is 0 Å². The number of nitrogens with one attached hydrogen (secondary N) is 1. The lowest BCUT2D eigenvalue weighted by molar-refractivity contribution is 0.187. The molecule has 2 atom stereocenters. The van der Waals surface area contributed by atoms with Crippen LogP contribution >= 0.6 is 24.0 Å². The van der Waals surface area contributed by atoms with E-state index >= 15 is 0 Å². The molecule has 0 radical (unpaired) electrons. The number of halogens is 1. The van der Waals surface area contributed by atoms with Crippen LogP contribution in [0, 0.1) is 11.8 Å². The monoisotopic (exact) mass is 504 g/mol. The molecule has 0 aliphatic carbocycles. The van der Waals surface area contributed by atoms with Crippen molar-refractivity contribution < 1.29 is 9.15 Å². The van der Waals surface area contributed by atoms with Gasteiger partial charge in [0, 0.05) is 51.7 Å². The van der Waals surface area contributed by atoms with Gasteiger partial charge in [0.05, 0.1) is 12.9 Å². The predicted molar refractivity (Wildman–Crippen MR) is 125 cm³/mol. The van der Waals surface area contributed by atoms with Gasteiger partial charge in [-0.15, -0.1) is 24.0 Å². The molecule has 0 bridgehead atoms. The molecule has 0 aromatic carbocycles. The van der Waals surface area contributed by atoms with E-state index in [1.807, 2.05) is 12.1 Å². The zero-order valence-electron chi connectivity index (χ0n) is 17.4. The van der Waals surface area contributed by atoms with Gasteiger partial charge in [0.15, 0.2) is 5.96 Å². The topological polar surface area (TPSA) is 53.2 Å². The number of guanidine groups is 1. The van der Waals surface area contributed by atoms with Crippen molar-refractivity contribution in [2.24, 2.45) is 16.8 Å². The molecule has 1 N–H and O–H groups in total. The van der Waals surface area contributed by atoms with Crippen molar-refractivity contribution in [1.82, 2.24) is 15.1 Å². The zero-order chi connectivity index (χ0) is 18.9. The molecular weight excluding hydrogens is 467 g/mol. The highest BCUT2D eigenvalue weighted by atomic mass is 127. The van der Waals surface area contributed by atoms with Crippen LogP contribution in [-0.2, 0) is 11.2 Å². The van der Waals surface area contributed by atoms with Crippen LogP contribution in [0.1, 0.15) is 32.4 Å². The van der Waals surface area contributed by atoms with Crippen molar-refractivity contribution in [3.63, 3.8) is 0 Å². The van der Waals surface area contributed by atoms with Gasteiger partial charge < -0.3 is 24.3 Å². The summed E-state index contributed by atoms with van der Waals surface area (Å²) in [6.45, 7) is 13.6. The molecule has 3 rings (SSSR count). The van der Waals surface area contributed by atoms with Crippen molar-refractivity contribution in [3.05, 3.63) is 24.2 Å². The molecule has 3 heterocycles. The second kappa shape index (κ2) is 12.7. The lowest BCUT2D eigenvalue weighted by atomic mass is 10.1. The van der Waals surface area contributed by atoms with Crippen LogP contribution in [0.2, 0.25) is 0 Å². The third-order valence-corrected chi connectivity index (χ3v) is 5.75. The van der Waals surface area contributed by atoms with Crippen LogP contribution in [0.4, 0.5) is 0 Å². The first kappa shape index (κ1) is 23.5. The van der Waals surface area contributed by atoms with E-state index in [1.165, 1.54) is 13.0 Å². The first-order valence-corrected chi connectivity index (χ1v) is 10.6. The van der Waals surface area contributed by atoms with Crippen molar-refractivity contribution >= 4 is 29.9 Å². The highest BCUT2D eigenvalue weighted by Gasteiger charge is 2.26. The maximum atomic E-state index is 5.51. The number of nitrogens with zero attached hydrogens (tertiary/aromatic N) is 3. The number of furan rings is 1. The van der Waals surface area contributed by atoms with E-state index < -0.39 is 0 Å². The van der Waals surface area contributed by atoms with E-state index in [2.05, 4.69) is 29.0 Å². The summed E-state index contributed by atoms with van der Waals surface area (Å²) in [5.41, 5.74) is 0. The van der Waals surface area contributed by atoms with Gasteiger partial charge in [-0.3, -0.25) is 4.99 Å². The molecule has 7 heteroatoms. The molecule has 160 valence electrons. The number of ether oxygens (including phenoxy) is 1. The van der Waals surface area contributed by atoms with Crippen LogP contribution < -0.4 is 5.32 Å². The molecule has 0 amide bonds. The Morgan fingerprint density at radius 1 is 1.29 bits per heavy atom. The van der Waals surface area contributed by atoms with E-state index in [9.17, 15) is 0 Å². The average Bonchev–Trinajstić information content (AvgIpc) is 3.45. The number of aliphatic imine (C=N–C) groups is 1. The molecule has 2 saturated heterocycles. The minimum absolute atomic E-state index is 0. The molecule has 6 nitrogen and oxygen atoms in total. The van der Waals surface area contributed by atoms with Crippen molar-refractivity contribution in [1.29, 1.82) is 0 Å². The van der Waals surface area contributed by atoms with E-state index in [-0.39, 0.29) is 24.0 Å². The van der Waals surface area contributed by atoms with E-state index in [0.717, 1.165) is 83.0 Å². The summed E-state index contributed by atoms with van der Waals surface area (Å²) >= 11 is 0. The smallest absolute Gasteiger partial charge is 0.193 e. The highest BCUT2D eigenvalue weighted by Crippen LogP contribution is 2.18. The first-order chi connectivity index (χ1) is 13.3. The second-order valence-corrected chi connectivity index (χ2v) is 7.74. The SMILES string of the molecule is CCN(CC)CC1CCN(C(=NCC2CCOC2)NCCc2ccco2)C1.I. The predicted octanol–water partition coefficient (Wildman–Crippen LogP) is 3.09. The van der Waals surface area contributed by atoms with Gasteiger partial charge in [-0.2, -0.15) is 0 Å². The summed E-state index contributed by atoms with van der Waals surface area (Å²) in [4.78, 5) is 9.95. The molecule has 2 unspecified atom stereocenters. The quantitative estimate of drug-likeness (QED) is 0.318. The molecule has 2 aliphatic heterocycles. The molecular formula is C21H37IN4O2. The third kappa shape index (κ3) is 7.22. The molecule has 2 fully saturated rings. The van der Waals surface area contributed by atoms with Crippen molar-refractivity contribution in [2.45, 2.75) is 33.1 Å². The number of hydrogen-bond acceptors (Lipinski definition) is 4. The number of rotatable bonds is 9. The standard InChI is InChI=1S/C21H36N4O2.HI/c1-3-24(4-2)15-19-8-11-25(16-19)21(23-14-18-9-13-26-17-18)22-10-7-20-6-5-12-27-20;/h5-6,12,18-19H,3-4,7-11,13-17H2,1-2H3,(H,22,23);1H. The molecule has 28 heavy (non-hydrogen) atoms. The minimum Gasteiger partial charge on any atom is -0.469 e. The van der Waals surface area contributed by atoms with Gasteiger partial charge in [-0.25, -0.2) is 0 Å². The summed E-state index contributed by atoms with van der Waals surface area (Å²) < 4.78 is 11.0. The second-order valence-electron chi connectivity index (χ2n) is 7.74. The van der Waals surface area contributed by atoms with Gasteiger partial charge in [-0.1, -0.05) is 13.8 Å². The lowest BCUT2D eigenvalue weighted by Gasteiger charge is -2.25. The summed E-state index contributed by atoms with van der Waals surface area (Å²) in [5.74, 6) is 3.39. The molecule has 0 saturated carbocycles. The van der Waals surface area contributed by atoms with Gasteiger partial charge in [0.1, 0.15) is 5.76 Å². The Labute approximate surface area is 187 Å². The first-order valence-electron chi connectivity index (χ1n) is 10.6. The van der Waals surface area contributed by atoms with Crippen LogP contribution in [0.3, 0.4) is 0 Å². The van der Waals surface area contributed by atoms with E-state index in [0.29, 0.717) is 5.92 Å². The third-order valence-electron chi connectivity index (χ3n) is 5.75. The largest absolute Gasteiger partial charge is 0.469 e. The Bertz CT molecular complexity index is 557. The Morgan fingerprint density at radius 2 is 2.14 bits per heavy atom. The van der Waals surface area contributed by atoms with Gasteiger partial charge in [-0.05, 0) is 44.0 Å². The number of hydrogen-bond donors (Lipinski definition) is 1. The van der Waals surface area contributed by atoms with Crippen LogP contribution in [0.5, 0.6) is 0 Å². The van der Waals surface area contributed by atoms with Gasteiger partial charge in [0.25, 0.3) is 0 Å². The molecule has 1 aromatic rings. The summed E-state index contributed by atoms with van der Waals surface area (Å²) in [5, 5.41) is 3.59. The van der Waals surface area contributed by atoms with Crippen LogP contribution in [0.25, 0.3) is 0 Å². The summed E-state index contributed by atoms with van der Waals surface area (Å²) in [7, 11) is 0. The Balaban J connectivity index is 0.00000280. The van der Waals surface area contributed by atoms with Crippen LogP contribution in [-0.4, -0.2) is 74.8 Å². The lowest BCUT2D eigenvalue weighted by Crippen LogP contribution is -2.42. The average molecular weight is 504 g/mol.